The zero-order valence-corrected chi connectivity index (χ0v) is 19.8. The number of non-ortho nitro benzene ring substituents is 1. The van der Waals surface area contributed by atoms with Gasteiger partial charge < -0.3 is 23.9 Å². The minimum Gasteiger partial charge on any atom is -0.497 e. The molecule has 0 bridgehead atoms. The lowest BCUT2D eigenvalue weighted by atomic mass is 10.1. The molecule has 11 nitrogen and oxygen atoms in total. The molecular formula is C23H22N4O7S. The number of nitrogens with zero attached hydrogens (tertiary/aromatic N) is 4. The van der Waals surface area contributed by atoms with Crippen LogP contribution in [0.3, 0.4) is 0 Å². The molecule has 0 unspecified atom stereocenters. The van der Waals surface area contributed by atoms with Crippen molar-refractivity contribution in [3.63, 3.8) is 0 Å². The van der Waals surface area contributed by atoms with E-state index in [2.05, 4.69) is 15.1 Å². The van der Waals surface area contributed by atoms with E-state index in [1.807, 2.05) is 0 Å². The fraction of sp³-hybridized carbons (Fsp3) is 0.261. The summed E-state index contributed by atoms with van der Waals surface area (Å²) in [5.74, 6) is -0.0183. The normalized spacial score (nSPS) is 13.7. The van der Waals surface area contributed by atoms with Crippen LogP contribution in [-0.4, -0.2) is 53.5 Å². The predicted molar refractivity (Wildman–Crippen MR) is 129 cm³/mol. The lowest BCUT2D eigenvalue weighted by Crippen LogP contribution is -2.18. The Morgan fingerprint density at radius 1 is 1.14 bits per heavy atom. The number of nitro benzene ring substituents is 1. The number of rotatable bonds is 9. The van der Waals surface area contributed by atoms with Crippen molar-refractivity contribution < 1.29 is 28.7 Å². The summed E-state index contributed by atoms with van der Waals surface area (Å²) in [6, 6.07) is 9.51. The van der Waals surface area contributed by atoms with Crippen molar-refractivity contribution >= 4 is 35.2 Å². The molecule has 0 saturated carbocycles. The number of hydrogen-bond acceptors (Lipinski definition) is 10. The van der Waals surface area contributed by atoms with E-state index < -0.39 is 10.9 Å². The molecule has 1 aromatic heterocycles. The number of anilines is 1. The number of aromatic nitrogens is 2. The molecule has 2 heterocycles. The van der Waals surface area contributed by atoms with Gasteiger partial charge in [-0.15, -0.1) is 10.2 Å². The van der Waals surface area contributed by atoms with Crippen molar-refractivity contribution in [1.29, 1.82) is 0 Å². The molecule has 3 aromatic rings. The van der Waals surface area contributed by atoms with Gasteiger partial charge in [-0.25, -0.2) is 4.79 Å². The molecule has 2 aromatic carbocycles. The molecule has 35 heavy (non-hydrogen) atoms. The Labute approximate surface area is 204 Å². The SMILES string of the molecule is COc1cc(OC)cc(-c2nnc(S/C(=C/c3cc([N+](=O)[O-])ccc3N3CCCC3)C(=O)O)o2)c1. The third-order valence-corrected chi connectivity index (χ3v) is 6.22. The summed E-state index contributed by atoms with van der Waals surface area (Å²) in [5, 5.41) is 29.1. The molecule has 0 spiro atoms. The van der Waals surface area contributed by atoms with E-state index in [0.717, 1.165) is 43.4 Å². The Hall–Kier alpha value is -4.06. The first-order valence-corrected chi connectivity index (χ1v) is 11.4. The maximum absolute atomic E-state index is 12.0. The number of aliphatic carboxylic acids is 1. The van der Waals surface area contributed by atoms with Crippen LogP contribution in [-0.2, 0) is 4.79 Å². The third kappa shape index (κ3) is 5.54. The smallest absolute Gasteiger partial charge is 0.342 e. The van der Waals surface area contributed by atoms with E-state index in [1.54, 1.807) is 24.3 Å². The van der Waals surface area contributed by atoms with Crippen molar-refractivity contribution in [2.45, 2.75) is 18.1 Å². The average Bonchev–Trinajstić information content (AvgIpc) is 3.55. The summed E-state index contributed by atoms with van der Waals surface area (Å²) in [6.07, 6.45) is 3.40. The van der Waals surface area contributed by atoms with Crippen LogP contribution in [0.15, 0.2) is 50.9 Å². The number of carboxylic acids is 1. The summed E-state index contributed by atoms with van der Waals surface area (Å²) in [5.41, 5.74) is 1.59. The molecule has 0 radical (unpaired) electrons. The monoisotopic (exact) mass is 498 g/mol. The maximum atomic E-state index is 12.0. The van der Waals surface area contributed by atoms with Crippen molar-refractivity contribution in [3.05, 3.63) is 57.0 Å². The first kappa shape index (κ1) is 24.1. The fourth-order valence-corrected chi connectivity index (χ4v) is 4.35. The molecule has 0 aliphatic carbocycles. The molecule has 1 aliphatic rings. The van der Waals surface area contributed by atoms with Crippen molar-refractivity contribution in [3.8, 4) is 23.0 Å². The van der Waals surface area contributed by atoms with Crippen molar-refractivity contribution in [2.24, 2.45) is 0 Å². The second-order valence-electron chi connectivity index (χ2n) is 7.58. The van der Waals surface area contributed by atoms with E-state index in [9.17, 15) is 20.0 Å². The Bertz CT molecular complexity index is 1260. The molecule has 1 saturated heterocycles. The van der Waals surface area contributed by atoms with E-state index in [-0.39, 0.29) is 21.7 Å². The van der Waals surface area contributed by atoms with Crippen LogP contribution in [0.2, 0.25) is 0 Å². The number of methoxy groups -OCH3 is 2. The van der Waals surface area contributed by atoms with Crippen LogP contribution in [0, 0.1) is 10.1 Å². The van der Waals surface area contributed by atoms with Crippen LogP contribution >= 0.6 is 11.8 Å². The van der Waals surface area contributed by atoms with Gasteiger partial charge in [0, 0.05) is 48.1 Å². The summed E-state index contributed by atoms with van der Waals surface area (Å²) < 4.78 is 16.2. The minimum absolute atomic E-state index is 0.00332. The van der Waals surface area contributed by atoms with Crippen LogP contribution in [0.25, 0.3) is 17.5 Å². The first-order valence-electron chi connectivity index (χ1n) is 10.6. The molecule has 12 heteroatoms. The highest BCUT2D eigenvalue weighted by Gasteiger charge is 2.21. The van der Waals surface area contributed by atoms with Crippen LogP contribution in [0.1, 0.15) is 18.4 Å². The van der Waals surface area contributed by atoms with Crippen LogP contribution in [0.4, 0.5) is 11.4 Å². The van der Waals surface area contributed by atoms with Gasteiger partial charge in [0.25, 0.3) is 10.9 Å². The zero-order valence-electron chi connectivity index (χ0n) is 19.0. The fourth-order valence-electron chi connectivity index (χ4n) is 3.69. The molecule has 1 aliphatic heterocycles. The van der Waals surface area contributed by atoms with Crippen molar-refractivity contribution in [2.75, 3.05) is 32.2 Å². The van der Waals surface area contributed by atoms with Gasteiger partial charge in [-0.2, -0.15) is 0 Å². The summed E-state index contributed by atoms with van der Waals surface area (Å²) in [7, 11) is 3.03. The van der Waals surface area contributed by atoms with Crippen LogP contribution in [0.5, 0.6) is 11.5 Å². The highest BCUT2D eigenvalue weighted by atomic mass is 32.2. The number of thioether (sulfide) groups is 1. The zero-order chi connectivity index (χ0) is 24.9. The molecule has 1 N–H and O–H groups in total. The van der Waals surface area contributed by atoms with Gasteiger partial charge >= 0.3 is 5.97 Å². The summed E-state index contributed by atoms with van der Waals surface area (Å²) >= 11 is 0.763. The highest BCUT2D eigenvalue weighted by molar-refractivity contribution is 8.03. The molecule has 0 atom stereocenters. The van der Waals surface area contributed by atoms with Crippen LogP contribution < -0.4 is 14.4 Å². The summed E-state index contributed by atoms with van der Waals surface area (Å²) in [4.78, 5) is 24.8. The molecular weight excluding hydrogens is 476 g/mol. The van der Waals surface area contributed by atoms with Gasteiger partial charge in [0.1, 0.15) is 16.4 Å². The second kappa shape index (κ2) is 10.5. The quantitative estimate of drug-likeness (QED) is 0.193. The van der Waals surface area contributed by atoms with Gasteiger partial charge in [0.05, 0.1) is 19.1 Å². The second-order valence-corrected chi connectivity index (χ2v) is 8.58. The predicted octanol–water partition coefficient (Wildman–Crippen LogP) is 4.48. The number of hydrogen-bond donors (Lipinski definition) is 1. The standard InChI is InChI=1S/C23H22N4O7S/c1-32-17-10-15(11-18(13-17)33-2)21-24-25-23(34-21)35-20(22(28)29)12-14-9-16(27(30)31)5-6-19(14)26-7-3-4-8-26/h5-6,9-13H,3-4,7-8H2,1-2H3,(H,28,29)/b20-12+. The number of nitro groups is 1. The Kier molecular flexibility index (Phi) is 7.20. The van der Waals surface area contributed by atoms with Crippen molar-refractivity contribution in [1.82, 2.24) is 10.2 Å². The Morgan fingerprint density at radius 3 is 2.43 bits per heavy atom. The largest absolute Gasteiger partial charge is 0.497 e. The number of carbonyl (C=O) groups is 1. The van der Waals surface area contributed by atoms with E-state index in [1.165, 1.54) is 32.4 Å². The van der Waals surface area contributed by atoms with E-state index >= 15 is 0 Å². The van der Waals surface area contributed by atoms with Gasteiger partial charge in [0.2, 0.25) is 5.89 Å². The number of benzene rings is 2. The summed E-state index contributed by atoms with van der Waals surface area (Å²) in [6.45, 7) is 1.59. The van der Waals surface area contributed by atoms with Gasteiger partial charge in [-0.1, -0.05) is 0 Å². The molecule has 1 fully saturated rings. The van der Waals surface area contributed by atoms with E-state index in [4.69, 9.17) is 13.9 Å². The Balaban J connectivity index is 1.67. The van der Waals surface area contributed by atoms with Gasteiger partial charge in [0.15, 0.2) is 0 Å². The lowest BCUT2D eigenvalue weighted by molar-refractivity contribution is -0.384. The van der Waals surface area contributed by atoms with Gasteiger partial charge in [-0.05, 0) is 48.9 Å². The number of carboxylic acid groups (broad SMARTS) is 1. The maximum Gasteiger partial charge on any atom is 0.342 e. The first-order chi connectivity index (χ1) is 16.9. The average molecular weight is 499 g/mol. The Morgan fingerprint density at radius 2 is 1.83 bits per heavy atom. The lowest BCUT2D eigenvalue weighted by Gasteiger charge is -2.20. The third-order valence-electron chi connectivity index (χ3n) is 5.37. The highest BCUT2D eigenvalue weighted by Crippen LogP contribution is 2.35. The molecule has 0 amide bonds. The molecule has 182 valence electrons. The van der Waals surface area contributed by atoms with E-state index in [0.29, 0.717) is 22.6 Å². The topological polar surface area (TPSA) is 141 Å². The number of ether oxygens (including phenoxy) is 2. The van der Waals surface area contributed by atoms with Gasteiger partial charge in [-0.3, -0.25) is 10.1 Å². The molecule has 4 rings (SSSR count). The minimum atomic E-state index is -1.23.